The van der Waals surface area contributed by atoms with Gasteiger partial charge in [0.2, 0.25) is 0 Å². The van der Waals surface area contributed by atoms with Crippen molar-refractivity contribution in [2.45, 2.75) is 6.54 Å². The predicted molar refractivity (Wildman–Crippen MR) is 135 cm³/mol. The number of rotatable bonds is 9. The minimum absolute atomic E-state index is 0.0577. The summed E-state index contributed by atoms with van der Waals surface area (Å²) in [5.41, 5.74) is 1.90. The van der Waals surface area contributed by atoms with Crippen LogP contribution in [-0.4, -0.2) is 25.5 Å². The van der Waals surface area contributed by atoms with Gasteiger partial charge in [-0.15, -0.1) is 0 Å². The summed E-state index contributed by atoms with van der Waals surface area (Å²) in [5.74, 6) is -0.241. The molecule has 0 aliphatic heterocycles. The summed E-state index contributed by atoms with van der Waals surface area (Å²) in [6.07, 6.45) is 1.45. The lowest BCUT2D eigenvalue weighted by molar-refractivity contribution is -0.118. The van der Waals surface area contributed by atoms with Crippen LogP contribution in [0.4, 0.5) is 5.69 Å². The molecule has 0 heterocycles. The highest BCUT2D eigenvalue weighted by Crippen LogP contribution is 2.29. The first kappa shape index (κ1) is 25.6. The zero-order valence-electron chi connectivity index (χ0n) is 18.7. The van der Waals surface area contributed by atoms with E-state index in [0.717, 1.165) is 5.56 Å². The van der Waals surface area contributed by atoms with Crippen LogP contribution in [0.3, 0.4) is 0 Å². The number of amides is 2. The fraction of sp³-hybridized carbons (Fsp3) is 0.115. The molecule has 3 rings (SSSR count). The number of nitrogens with zero attached hydrogens (tertiary/aromatic N) is 1. The van der Waals surface area contributed by atoms with E-state index in [1.54, 1.807) is 30.3 Å². The molecule has 2 N–H and O–H groups in total. The first-order valence-electron chi connectivity index (χ1n) is 10.4. The minimum atomic E-state index is -0.491. The van der Waals surface area contributed by atoms with Gasteiger partial charge in [-0.1, -0.05) is 59.6 Å². The second kappa shape index (κ2) is 12.5. The van der Waals surface area contributed by atoms with E-state index in [1.165, 1.54) is 19.3 Å². The number of nitriles is 1. The van der Waals surface area contributed by atoms with Crippen molar-refractivity contribution in [3.05, 3.63) is 93.5 Å². The van der Waals surface area contributed by atoms with Gasteiger partial charge in [-0.25, -0.2) is 0 Å². The van der Waals surface area contributed by atoms with Crippen LogP contribution in [0, 0.1) is 11.3 Å². The van der Waals surface area contributed by atoms with Gasteiger partial charge in [0.05, 0.1) is 17.2 Å². The van der Waals surface area contributed by atoms with Crippen molar-refractivity contribution in [3.63, 3.8) is 0 Å². The van der Waals surface area contributed by atoms with Crippen molar-refractivity contribution in [2.24, 2.45) is 0 Å². The van der Waals surface area contributed by atoms with E-state index >= 15 is 0 Å². The number of hydrogen-bond acceptors (Lipinski definition) is 5. The van der Waals surface area contributed by atoms with Crippen LogP contribution in [0.15, 0.2) is 72.3 Å². The third-order valence-corrected chi connectivity index (χ3v) is 5.46. The third-order valence-electron chi connectivity index (χ3n) is 4.72. The first-order valence-corrected chi connectivity index (χ1v) is 11.1. The number of halogens is 2. The van der Waals surface area contributed by atoms with E-state index in [1.807, 2.05) is 36.4 Å². The number of ether oxygens (including phenoxy) is 2. The van der Waals surface area contributed by atoms with E-state index < -0.39 is 11.8 Å². The van der Waals surface area contributed by atoms with Crippen LogP contribution >= 0.6 is 23.2 Å². The fourth-order valence-electron chi connectivity index (χ4n) is 3.00. The van der Waals surface area contributed by atoms with E-state index in [-0.39, 0.29) is 12.2 Å². The quantitative estimate of drug-likeness (QED) is 0.303. The maximum atomic E-state index is 12.4. The Hall–Kier alpha value is -3.99. The van der Waals surface area contributed by atoms with Gasteiger partial charge in [-0.05, 0) is 47.5 Å². The van der Waals surface area contributed by atoms with E-state index in [0.29, 0.717) is 39.3 Å². The number of hydrogen-bond donors (Lipinski definition) is 2. The Morgan fingerprint density at radius 3 is 2.46 bits per heavy atom. The number of nitrogens with one attached hydrogen (secondary N) is 2. The van der Waals surface area contributed by atoms with Crippen molar-refractivity contribution in [1.82, 2.24) is 5.32 Å². The molecule has 0 spiro atoms. The lowest BCUT2D eigenvalue weighted by atomic mass is 10.1. The highest BCUT2D eigenvalue weighted by atomic mass is 35.5. The van der Waals surface area contributed by atoms with Gasteiger partial charge in [0.15, 0.2) is 18.1 Å². The summed E-state index contributed by atoms with van der Waals surface area (Å²) in [5, 5.41) is 15.5. The van der Waals surface area contributed by atoms with Crippen LogP contribution in [0.1, 0.15) is 11.1 Å². The topological polar surface area (TPSA) is 100 Å². The Morgan fingerprint density at radius 2 is 1.77 bits per heavy atom. The molecular formula is C26H21Cl2N3O4. The van der Waals surface area contributed by atoms with Crippen molar-refractivity contribution in [2.75, 3.05) is 19.0 Å². The second-order valence-electron chi connectivity index (χ2n) is 7.21. The van der Waals surface area contributed by atoms with E-state index in [9.17, 15) is 14.9 Å². The molecular weight excluding hydrogens is 489 g/mol. The van der Waals surface area contributed by atoms with Crippen molar-refractivity contribution >= 4 is 46.8 Å². The van der Waals surface area contributed by atoms with Crippen molar-refractivity contribution < 1.29 is 19.1 Å². The average Bonchev–Trinajstić information content (AvgIpc) is 2.87. The van der Waals surface area contributed by atoms with Gasteiger partial charge >= 0.3 is 0 Å². The van der Waals surface area contributed by atoms with Crippen LogP contribution in [-0.2, 0) is 16.1 Å². The fourth-order valence-corrected chi connectivity index (χ4v) is 3.29. The molecule has 0 saturated heterocycles. The largest absolute Gasteiger partial charge is 0.493 e. The summed E-state index contributed by atoms with van der Waals surface area (Å²) in [4.78, 5) is 24.7. The molecule has 178 valence electrons. The van der Waals surface area contributed by atoms with Crippen LogP contribution in [0.2, 0.25) is 10.0 Å². The van der Waals surface area contributed by atoms with Gasteiger partial charge in [-0.3, -0.25) is 9.59 Å². The lowest BCUT2D eigenvalue weighted by Gasteiger charge is -2.12. The van der Waals surface area contributed by atoms with Gasteiger partial charge < -0.3 is 20.1 Å². The summed E-state index contributed by atoms with van der Waals surface area (Å²) < 4.78 is 10.9. The van der Waals surface area contributed by atoms with Crippen LogP contribution < -0.4 is 20.1 Å². The monoisotopic (exact) mass is 509 g/mol. The molecule has 0 bridgehead atoms. The molecule has 0 aliphatic rings. The highest BCUT2D eigenvalue weighted by molar-refractivity contribution is 6.42. The Bertz CT molecular complexity index is 1290. The Morgan fingerprint density at radius 1 is 1.00 bits per heavy atom. The number of carbonyl (C=O) groups excluding carboxylic acids is 2. The van der Waals surface area contributed by atoms with Crippen LogP contribution in [0.25, 0.3) is 6.08 Å². The number of carbonyl (C=O) groups is 2. The normalized spacial score (nSPS) is 10.7. The molecule has 0 atom stereocenters. The lowest BCUT2D eigenvalue weighted by Crippen LogP contribution is -2.23. The SMILES string of the molecule is COc1cc(/C=C(\C#N)C(=O)NCc2ccccc2)ccc1OCC(=O)Nc1ccc(Cl)c(Cl)c1. The molecule has 0 radical (unpaired) electrons. The van der Waals surface area contributed by atoms with Crippen molar-refractivity contribution in [3.8, 4) is 17.6 Å². The zero-order chi connectivity index (χ0) is 25.2. The molecule has 7 nitrogen and oxygen atoms in total. The Labute approximate surface area is 212 Å². The molecule has 0 saturated carbocycles. The van der Waals surface area contributed by atoms with E-state index in [4.69, 9.17) is 32.7 Å². The number of anilines is 1. The molecule has 3 aromatic carbocycles. The van der Waals surface area contributed by atoms with Gasteiger partial charge in [0, 0.05) is 12.2 Å². The van der Waals surface area contributed by atoms with Crippen molar-refractivity contribution in [1.29, 1.82) is 5.26 Å². The van der Waals surface area contributed by atoms with E-state index in [2.05, 4.69) is 10.6 Å². The number of benzene rings is 3. The summed E-state index contributed by atoms with van der Waals surface area (Å²) in [7, 11) is 1.45. The third kappa shape index (κ3) is 7.51. The predicted octanol–water partition coefficient (Wildman–Crippen LogP) is 5.24. The summed E-state index contributed by atoms with van der Waals surface area (Å²) in [6.45, 7) is 0.0240. The maximum absolute atomic E-state index is 12.4. The smallest absolute Gasteiger partial charge is 0.262 e. The Balaban J connectivity index is 1.63. The summed E-state index contributed by atoms with van der Waals surface area (Å²) in [6, 6.07) is 20.9. The first-order chi connectivity index (χ1) is 16.9. The zero-order valence-corrected chi connectivity index (χ0v) is 20.2. The highest BCUT2D eigenvalue weighted by Gasteiger charge is 2.12. The molecule has 0 aromatic heterocycles. The number of methoxy groups -OCH3 is 1. The standard InChI is InChI=1S/C26H21Cl2N3O4/c1-34-24-12-18(11-19(14-29)26(33)30-15-17-5-3-2-4-6-17)7-10-23(24)35-16-25(32)31-20-8-9-21(27)22(28)13-20/h2-13H,15-16H2,1H3,(H,30,33)(H,31,32)/b19-11+. The van der Waals surface area contributed by atoms with Gasteiger partial charge in [0.25, 0.3) is 11.8 Å². The van der Waals surface area contributed by atoms with Gasteiger partial charge in [0.1, 0.15) is 11.6 Å². The second-order valence-corrected chi connectivity index (χ2v) is 8.03. The molecule has 3 aromatic rings. The van der Waals surface area contributed by atoms with Gasteiger partial charge in [-0.2, -0.15) is 5.26 Å². The molecule has 35 heavy (non-hydrogen) atoms. The molecule has 0 aliphatic carbocycles. The summed E-state index contributed by atoms with van der Waals surface area (Å²) >= 11 is 11.8. The van der Waals surface area contributed by atoms with Crippen LogP contribution in [0.5, 0.6) is 11.5 Å². The maximum Gasteiger partial charge on any atom is 0.262 e. The molecule has 0 fully saturated rings. The Kier molecular flexibility index (Phi) is 9.13. The minimum Gasteiger partial charge on any atom is -0.493 e. The molecule has 2 amide bonds. The average molecular weight is 510 g/mol. The molecule has 0 unspecified atom stereocenters. The molecule has 9 heteroatoms.